The zero-order valence-corrected chi connectivity index (χ0v) is 15.0. The van der Waals surface area contributed by atoms with Crippen LogP contribution in [0.25, 0.3) is 16.9 Å². The molecule has 9 heteroatoms. The molecule has 1 aliphatic rings. The van der Waals surface area contributed by atoms with E-state index in [1.165, 1.54) is 22.9 Å². The van der Waals surface area contributed by atoms with Crippen molar-refractivity contribution in [1.29, 1.82) is 0 Å². The van der Waals surface area contributed by atoms with Crippen molar-refractivity contribution in [3.8, 4) is 16.9 Å². The Hall–Kier alpha value is -3.00. The molecule has 1 aromatic heterocycles. The first-order chi connectivity index (χ1) is 13.3. The van der Waals surface area contributed by atoms with Crippen LogP contribution in [0, 0.1) is 0 Å². The number of carboxylic acid groups (broad SMARTS) is 1. The van der Waals surface area contributed by atoms with E-state index in [-0.39, 0.29) is 16.1 Å². The van der Waals surface area contributed by atoms with Gasteiger partial charge in [-0.15, -0.1) is 0 Å². The zero-order valence-electron chi connectivity index (χ0n) is 14.2. The fraction of sp³-hybridized carbons (Fsp3) is 0.158. The third-order valence-corrected chi connectivity index (χ3v) is 4.87. The summed E-state index contributed by atoms with van der Waals surface area (Å²) in [6.45, 7) is 0.593. The van der Waals surface area contributed by atoms with Crippen molar-refractivity contribution in [3.63, 3.8) is 0 Å². The molecule has 28 heavy (non-hydrogen) atoms. The van der Waals surface area contributed by atoms with Crippen LogP contribution in [0.1, 0.15) is 21.5 Å². The number of carbonyl (C=O) groups is 1. The van der Waals surface area contributed by atoms with Crippen LogP contribution in [0.4, 0.5) is 19.0 Å². The van der Waals surface area contributed by atoms with Crippen LogP contribution in [0.15, 0.2) is 42.5 Å². The van der Waals surface area contributed by atoms with Gasteiger partial charge < -0.3 is 10.4 Å². The molecule has 0 unspecified atom stereocenters. The molecule has 5 nitrogen and oxygen atoms in total. The minimum atomic E-state index is -4.50. The molecule has 2 heterocycles. The SMILES string of the molecule is O=C(O)c1cccc(-n2nc(-c3cc(C(F)(F)F)ccc3Cl)c3c2NCC3)c1. The van der Waals surface area contributed by atoms with Gasteiger partial charge in [-0.05, 0) is 42.8 Å². The van der Waals surface area contributed by atoms with E-state index in [2.05, 4.69) is 10.4 Å². The van der Waals surface area contributed by atoms with E-state index in [1.54, 1.807) is 12.1 Å². The van der Waals surface area contributed by atoms with Gasteiger partial charge >= 0.3 is 12.1 Å². The van der Waals surface area contributed by atoms with Crippen LogP contribution < -0.4 is 5.32 Å². The molecule has 4 rings (SSSR count). The van der Waals surface area contributed by atoms with Crippen LogP contribution in [0.3, 0.4) is 0 Å². The smallest absolute Gasteiger partial charge is 0.416 e. The Morgan fingerprint density at radius 3 is 2.71 bits per heavy atom. The van der Waals surface area contributed by atoms with E-state index < -0.39 is 17.7 Å². The van der Waals surface area contributed by atoms with Gasteiger partial charge in [0.15, 0.2) is 0 Å². The second-order valence-corrected chi connectivity index (χ2v) is 6.72. The van der Waals surface area contributed by atoms with Crippen LogP contribution in [-0.4, -0.2) is 27.4 Å². The van der Waals surface area contributed by atoms with Gasteiger partial charge in [0, 0.05) is 17.7 Å². The standard InChI is InChI=1S/C19H13ClF3N3O2/c20-15-5-4-11(19(21,22)23)9-14(15)16-13-6-7-24-17(13)26(25-16)12-3-1-2-10(8-12)18(27)28/h1-5,8-9,24H,6-7H2,(H,27,28). The topological polar surface area (TPSA) is 67.1 Å². The van der Waals surface area contributed by atoms with Crippen molar-refractivity contribution in [2.24, 2.45) is 0 Å². The lowest BCUT2D eigenvalue weighted by molar-refractivity contribution is -0.137. The van der Waals surface area contributed by atoms with Crippen molar-refractivity contribution >= 4 is 23.4 Å². The summed E-state index contributed by atoms with van der Waals surface area (Å²) in [6, 6.07) is 9.29. The molecule has 1 aliphatic heterocycles. The quantitative estimate of drug-likeness (QED) is 0.649. The Morgan fingerprint density at radius 2 is 2.00 bits per heavy atom. The van der Waals surface area contributed by atoms with Crippen LogP contribution in [-0.2, 0) is 12.6 Å². The molecule has 0 saturated heterocycles. The van der Waals surface area contributed by atoms with E-state index in [0.717, 1.165) is 17.7 Å². The van der Waals surface area contributed by atoms with E-state index in [0.29, 0.717) is 30.2 Å². The number of alkyl halides is 3. The molecular weight excluding hydrogens is 395 g/mol. The monoisotopic (exact) mass is 407 g/mol. The number of nitrogens with zero attached hydrogens (tertiary/aromatic N) is 2. The minimum Gasteiger partial charge on any atom is -0.478 e. The normalized spacial score (nSPS) is 13.3. The van der Waals surface area contributed by atoms with Gasteiger partial charge in [-0.25, -0.2) is 9.48 Å². The van der Waals surface area contributed by atoms with Gasteiger partial charge in [0.05, 0.1) is 27.5 Å². The molecule has 2 N–H and O–H groups in total. The molecule has 0 amide bonds. The number of nitrogens with one attached hydrogen (secondary N) is 1. The molecule has 3 aromatic rings. The number of aromatic carboxylic acids is 1. The average Bonchev–Trinajstić information content (AvgIpc) is 3.24. The predicted octanol–water partition coefficient (Wildman–Crippen LogP) is 4.88. The molecule has 0 atom stereocenters. The number of anilines is 1. The van der Waals surface area contributed by atoms with Crippen molar-refractivity contribution in [3.05, 3.63) is 64.2 Å². The highest BCUT2D eigenvalue weighted by Crippen LogP contribution is 2.40. The maximum atomic E-state index is 13.1. The summed E-state index contributed by atoms with van der Waals surface area (Å²) in [5, 5.41) is 17.0. The summed E-state index contributed by atoms with van der Waals surface area (Å²) in [5.74, 6) is -0.467. The lowest BCUT2D eigenvalue weighted by Gasteiger charge is -2.10. The third-order valence-electron chi connectivity index (χ3n) is 4.54. The Bertz CT molecular complexity index is 1090. The van der Waals surface area contributed by atoms with Crippen molar-refractivity contribution < 1.29 is 23.1 Å². The molecule has 0 fully saturated rings. The highest BCUT2D eigenvalue weighted by Gasteiger charge is 2.32. The van der Waals surface area contributed by atoms with Crippen molar-refractivity contribution in [1.82, 2.24) is 9.78 Å². The van der Waals surface area contributed by atoms with Gasteiger partial charge in [-0.1, -0.05) is 17.7 Å². The number of benzene rings is 2. The van der Waals surface area contributed by atoms with Crippen molar-refractivity contribution in [2.45, 2.75) is 12.6 Å². The summed E-state index contributed by atoms with van der Waals surface area (Å²) in [4.78, 5) is 11.3. The predicted molar refractivity (Wildman–Crippen MR) is 98.2 cm³/mol. The molecule has 0 saturated carbocycles. The van der Waals surface area contributed by atoms with Crippen LogP contribution in [0.5, 0.6) is 0 Å². The summed E-state index contributed by atoms with van der Waals surface area (Å²) in [5.41, 5.74) is 1.02. The number of aromatic nitrogens is 2. The largest absolute Gasteiger partial charge is 0.478 e. The third kappa shape index (κ3) is 3.09. The Labute approximate surface area is 162 Å². The molecule has 0 radical (unpaired) electrons. The highest BCUT2D eigenvalue weighted by molar-refractivity contribution is 6.33. The number of halogens is 4. The van der Waals surface area contributed by atoms with Gasteiger partial charge in [0.25, 0.3) is 0 Å². The molecule has 2 aromatic carbocycles. The summed E-state index contributed by atoms with van der Waals surface area (Å²) in [6.07, 6.45) is -3.94. The number of rotatable bonds is 3. The van der Waals surface area contributed by atoms with Gasteiger partial charge in [-0.2, -0.15) is 18.3 Å². The van der Waals surface area contributed by atoms with Gasteiger partial charge in [-0.3, -0.25) is 0 Å². The first-order valence-electron chi connectivity index (χ1n) is 8.32. The first kappa shape index (κ1) is 18.4. The molecular formula is C19H13ClF3N3O2. The molecule has 0 bridgehead atoms. The Kier molecular flexibility index (Phi) is 4.30. The second kappa shape index (κ2) is 6.56. The zero-order chi connectivity index (χ0) is 20.1. The Morgan fingerprint density at radius 1 is 1.21 bits per heavy atom. The first-order valence-corrected chi connectivity index (χ1v) is 8.70. The Balaban J connectivity index is 1.89. The minimum absolute atomic E-state index is 0.0819. The van der Waals surface area contributed by atoms with E-state index in [1.807, 2.05) is 0 Å². The van der Waals surface area contributed by atoms with E-state index in [4.69, 9.17) is 11.6 Å². The maximum absolute atomic E-state index is 13.1. The fourth-order valence-corrected chi connectivity index (χ4v) is 3.44. The van der Waals surface area contributed by atoms with Crippen LogP contribution in [0.2, 0.25) is 5.02 Å². The lowest BCUT2D eigenvalue weighted by Crippen LogP contribution is -2.06. The summed E-state index contributed by atoms with van der Waals surface area (Å²) >= 11 is 6.19. The molecule has 0 spiro atoms. The van der Waals surface area contributed by atoms with Gasteiger partial charge in [0.1, 0.15) is 5.82 Å². The van der Waals surface area contributed by atoms with E-state index >= 15 is 0 Å². The summed E-state index contributed by atoms with van der Waals surface area (Å²) in [7, 11) is 0. The number of hydrogen-bond donors (Lipinski definition) is 2. The van der Waals surface area contributed by atoms with Crippen LogP contribution >= 0.6 is 11.6 Å². The molecule has 144 valence electrons. The average molecular weight is 408 g/mol. The number of hydrogen-bond acceptors (Lipinski definition) is 3. The second-order valence-electron chi connectivity index (χ2n) is 6.31. The number of carboxylic acids is 1. The van der Waals surface area contributed by atoms with Crippen molar-refractivity contribution in [2.75, 3.05) is 11.9 Å². The number of fused-ring (bicyclic) bond motifs is 1. The highest BCUT2D eigenvalue weighted by atomic mass is 35.5. The van der Waals surface area contributed by atoms with E-state index in [9.17, 15) is 23.1 Å². The summed E-state index contributed by atoms with van der Waals surface area (Å²) < 4.78 is 40.9. The molecule has 0 aliphatic carbocycles. The lowest BCUT2D eigenvalue weighted by atomic mass is 10.0. The maximum Gasteiger partial charge on any atom is 0.416 e. The van der Waals surface area contributed by atoms with Gasteiger partial charge in [0.2, 0.25) is 0 Å². The fourth-order valence-electron chi connectivity index (χ4n) is 3.23.